The second kappa shape index (κ2) is 6.54. The van der Waals surface area contributed by atoms with Crippen molar-refractivity contribution in [1.29, 1.82) is 5.26 Å². The Balaban J connectivity index is 1.92. The average Bonchev–Trinajstić information content (AvgIpc) is 3.05. The van der Waals surface area contributed by atoms with Crippen LogP contribution >= 0.6 is 0 Å². The largest absolute Gasteiger partial charge is 0.391 e. The van der Waals surface area contributed by atoms with Crippen molar-refractivity contribution in [2.45, 2.75) is 31.4 Å². The minimum atomic E-state index is -0.481. The second-order valence-corrected chi connectivity index (χ2v) is 6.48. The van der Waals surface area contributed by atoms with Crippen LogP contribution in [-0.4, -0.2) is 20.8 Å². The number of nitriles is 1. The lowest BCUT2D eigenvalue weighted by Gasteiger charge is -2.26. The van der Waals surface area contributed by atoms with Crippen LogP contribution in [0.4, 0.5) is 0 Å². The summed E-state index contributed by atoms with van der Waals surface area (Å²) in [6.45, 7) is 0. The molecule has 0 spiro atoms. The minimum Gasteiger partial charge on any atom is -0.391 e. The normalized spacial score (nSPS) is 19.7. The number of aryl methyl sites for hydroxylation is 1. The highest BCUT2D eigenvalue weighted by Crippen LogP contribution is 2.36. The molecule has 3 aromatic rings. The monoisotopic (exact) mass is 329 g/mol. The fourth-order valence-corrected chi connectivity index (χ4v) is 3.72. The zero-order chi connectivity index (χ0) is 17.2. The van der Waals surface area contributed by atoms with Crippen molar-refractivity contribution in [3.63, 3.8) is 0 Å². The van der Waals surface area contributed by atoms with Crippen LogP contribution in [0.2, 0.25) is 0 Å². The molecule has 2 atom stereocenters. The number of fused-ring (bicyclic) bond motifs is 1. The first-order chi connectivity index (χ1) is 12.3. The lowest BCUT2D eigenvalue weighted by molar-refractivity contribution is 0.124. The van der Waals surface area contributed by atoms with Gasteiger partial charge in [-0.2, -0.15) is 5.26 Å². The molecule has 25 heavy (non-hydrogen) atoms. The van der Waals surface area contributed by atoms with E-state index in [4.69, 9.17) is 0 Å². The molecule has 0 radical (unpaired) electrons. The molecule has 1 aliphatic rings. The van der Waals surface area contributed by atoms with Gasteiger partial charge < -0.3 is 9.67 Å². The van der Waals surface area contributed by atoms with Gasteiger partial charge in [0.1, 0.15) is 0 Å². The van der Waals surface area contributed by atoms with Crippen LogP contribution in [0.1, 0.15) is 35.7 Å². The van der Waals surface area contributed by atoms with E-state index in [0.29, 0.717) is 5.56 Å². The van der Waals surface area contributed by atoms with E-state index in [1.807, 2.05) is 61.1 Å². The number of hydrogen-bond acceptors (Lipinski definition) is 3. The smallest absolute Gasteiger partial charge is 0.0991 e. The number of imidazole rings is 1. The molecule has 1 N–H and O–H groups in total. The van der Waals surface area contributed by atoms with Crippen LogP contribution in [0.15, 0.2) is 61.1 Å². The first-order valence-electron chi connectivity index (χ1n) is 8.56. The topological polar surface area (TPSA) is 61.8 Å². The van der Waals surface area contributed by atoms with Crippen molar-refractivity contribution < 1.29 is 5.11 Å². The van der Waals surface area contributed by atoms with E-state index in [9.17, 15) is 10.4 Å². The van der Waals surface area contributed by atoms with Gasteiger partial charge in [0.05, 0.1) is 30.1 Å². The zero-order valence-electron chi connectivity index (χ0n) is 13.8. The number of aliphatic hydroxyl groups is 1. The van der Waals surface area contributed by atoms with Gasteiger partial charge in [0, 0.05) is 11.9 Å². The summed E-state index contributed by atoms with van der Waals surface area (Å²) in [5, 5.41) is 20.2. The van der Waals surface area contributed by atoms with E-state index in [1.165, 1.54) is 0 Å². The van der Waals surface area contributed by atoms with Crippen molar-refractivity contribution in [3.05, 3.63) is 77.9 Å². The molecule has 2 heterocycles. The third-order valence-electron chi connectivity index (χ3n) is 4.93. The molecular weight excluding hydrogens is 310 g/mol. The Kier molecular flexibility index (Phi) is 4.09. The molecule has 0 aliphatic carbocycles. The first-order valence-corrected chi connectivity index (χ1v) is 8.56. The van der Waals surface area contributed by atoms with E-state index in [1.54, 1.807) is 0 Å². The number of nitrogens with zero attached hydrogens (tertiary/aromatic N) is 3. The van der Waals surface area contributed by atoms with Crippen molar-refractivity contribution in [2.75, 3.05) is 0 Å². The zero-order valence-corrected chi connectivity index (χ0v) is 13.8. The molecule has 0 saturated heterocycles. The molecule has 0 amide bonds. The Hall–Kier alpha value is -2.90. The van der Waals surface area contributed by atoms with Gasteiger partial charge in [0.15, 0.2) is 0 Å². The maximum absolute atomic E-state index is 10.9. The Morgan fingerprint density at radius 2 is 2.00 bits per heavy atom. The van der Waals surface area contributed by atoms with Crippen molar-refractivity contribution in [3.8, 4) is 17.2 Å². The van der Waals surface area contributed by atoms with E-state index < -0.39 is 6.10 Å². The Morgan fingerprint density at radius 1 is 1.16 bits per heavy atom. The molecule has 4 rings (SSSR count). The fourth-order valence-electron chi connectivity index (χ4n) is 3.72. The van der Waals surface area contributed by atoms with E-state index in [-0.39, 0.29) is 6.04 Å². The number of aromatic nitrogens is 2. The predicted molar refractivity (Wildman–Crippen MR) is 95.9 cm³/mol. The number of aliphatic hydroxyl groups excluding tert-OH is 1. The highest BCUT2D eigenvalue weighted by molar-refractivity contribution is 5.70. The summed E-state index contributed by atoms with van der Waals surface area (Å²) in [5.74, 6) is 0. The molecule has 1 aliphatic heterocycles. The van der Waals surface area contributed by atoms with Crippen LogP contribution in [-0.2, 0) is 6.42 Å². The van der Waals surface area contributed by atoms with Gasteiger partial charge in [-0.1, -0.05) is 36.4 Å². The maximum atomic E-state index is 10.9. The number of rotatable bonds is 2. The van der Waals surface area contributed by atoms with Gasteiger partial charge in [-0.05, 0) is 48.1 Å². The third-order valence-corrected chi connectivity index (χ3v) is 4.93. The summed E-state index contributed by atoms with van der Waals surface area (Å²) in [4.78, 5) is 4.29. The van der Waals surface area contributed by atoms with E-state index in [2.05, 4.69) is 15.6 Å². The SMILES string of the molecule is N#Cc1ccc([C@H]2[C@@H](O)CCCc3cncn32)c(-c2ccccc2)c1. The molecule has 0 saturated carbocycles. The van der Waals surface area contributed by atoms with Crippen LogP contribution < -0.4 is 0 Å². The van der Waals surface area contributed by atoms with Gasteiger partial charge in [-0.25, -0.2) is 4.98 Å². The van der Waals surface area contributed by atoms with Crippen LogP contribution in [0.3, 0.4) is 0 Å². The number of benzene rings is 2. The van der Waals surface area contributed by atoms with Gasteiger partial charge in [0.25, 0.3) is 0 Å². The van der Waals surface area contributed by atoms with Crippen molar-refractivity contribution >= 4 is 0 Å². The molecular formula is C21H19N3O. The molecule has 124 valence electrons. The van der Waals surface area contributed by atoms with Gasteiger partial charge in [-0.15, -0.1) is 0 Å². The van der Waals surface area contributed by atoms with Crippen LogP contribution in [0.5, 0.6) is 0 Å². The quantitative estimate of drug-likeness (QED) is 0.779. The Morgan fingerprint density at radius 3 is 2.80 bits per heavy atom. The van der Waals surface area contributed by atoms with Crippen molar-refractivity contribution in [2.24, 2.45) is 0 Å². The minimum absolute atomic E-state index is 0.192. The molecule has 0 fully saturated rings. The molecule has 2 aromatic carbocycles. The lowest BCUT2D eigenvalue weighted by Crippen LogP contribution is -2.24. The van der Waals surface area contributed by atoms with E-state index in [0.717, 1.165) is 41.6 Å². The number of hydrogen-bond donors (Lipinski definition) is 1. The van der Waals surface area contributed by atoms with E-state index >= 15 is 0 Å². The summed E-state index contributed by atoms with van der Waals surface area (Å²) >= 11 is 0. The molecule has 0 bridgehead atoms. The van der Waals surface area contributed by atoms with Gasteiger partial charge >= 0.3 is 0 Å². The fraction of sp³-hybridized carbons (Fsp3) is 0.238. The van der Waals surface area contributed by atoms with Gasteiger partial charge in [0.2, 0.25) is 0 Å². The van der Waals surface area contributed by atoms with Crippen LogP contribution in [0.25, 0.3) is 11.1 Å². The standard InChI is InChI=1S/C21H19N3O/c22-12-15-9-10-18(19(11-15)16-5-2-1-3-6-16)21-20(25)8-4-7-17-13-23-14-24(17)21/h1-3,5-6,9-11,13-14,20-21,25H,4,7-8H2/t20-,21-/m0/s1. The summed E-state index contributed by atoms with van der Waals surface area (Å²) < 4.78 is 2.09. The highest BCUT2D eigenvalue weighted by Gasteiger charge is 2.29. The highest BCUT2D eigenvalue weighted by atomic mass is 16.3. The van der Waals surface area contributed by atoms with Gasteiger partial charge in [-0.3, -0.25) is 0 Å². The Bertz CT molecular complexity index is 924. The molecule has 4 nitrogen and oxygen atoms in total. The third kappa shape index (κ3) is 2.84. The lowest BCUT2D eigenvalue weighted by atomic mass is 9.89. The summed E-state index contributed by atoms with van der Waals surface area (Å²) in [7, 11) is 0. The Labute approximate surface area is 147 Å². The molecule has 0 unspecified atom stereocenters. The first kappa shape index (κ1) is 15.6. The molecule has 4 heteroatoms. The average molecular weight is 329 g/mol. The predicted octanol–water partition coefficient (Wildman–Crippen LogP) is 3.71. The van der Waals surface area contributed by atoms with Crippen molar-refractivity contribution in [1.82, 2.24) is 9.55 Å². The summed E-state index contributed by atoms with van der Waals surface area (Å²) in [6, 6.07) is 17.8. The molecule has 1 aromatic heterocycles. The maximum Gasteiger partial charge on any atom is 0.0991 e. The second-order valence-electron chi connectivity index (χ2n) is 6.48. The summed E-state index contributed by atoms with van der Waals surface area (Å²) in [6.07, 6.45) is 5.83. The van der Waals surface area contributed by atoms with Crippen LogP contribution in [0, 0.1) is 11.3 Å². The summed E-state index contributed by atoms with van der Waals surface area (Å²) in [5.41, 5.74) is 4.83.